The first-order chi connectivity index (χ1) is 8.63. The largest absolute Gasteiger partial charge is 0.398 e. The number of benzene rings is 1. The number of aryl methyl sites for hydroxylation is 1. The molecule has 0 unspecified atom stereocenters. The van der Waals surface area contributed by atoms with Crippen LogP contribution in [0.2, 0.25) is 0 Å². The average Bonchev–Trinajstić information content (AvgIpc) is 2.87. The van der Waals surface area contributed by atoms with Crippen LogP contribution >= 0.6 is 0 Å². The van der Waals surface area contributed by atoms with Gasteiger partial charge < -0.3 is 10.6 Å². The molecule has 3 heteroatoms. The summed E-state index contributed by atoms with van der Waals surface area (Å²) in [6.07, 6.45) is 4.76. The highest BCUT2D eigenvalue weighted by Gasteiger charge is 2.26. The molecule has 0 atom stereocenters. The quantitative estimate of drug-likeness (QED) is 0.833. The molecule has 1 fully saturated rings. The van der Waals surface area contributed by atoms with E-state index in [0.29, 0.717) is 17.3 Å². The van der Waals surface area contributed by atoms with Crippen molar-refractivity contribution in [3.63, 3.8) is 0 Å². The number of nitrogen functional groups attached to an aromatic ring is 1. The topological polar surface area (TPSA) is 46.3 Å². The van der Waals surface area contributed by atoms with Crippen molar-refractivity contribution in [2.75, 3.05) is 12.3 Å². The van der Waals surface area contributed by atoms with E-state index in [-0.39, 0.29) is 5.91 Å². The first kappa shape index (κ1) is 12.9. The van der Waals surface area contributed by atoms with E-state index in [1.165, 1.54) is 12.8 Å². The minimum atomic E-state index is 0.121. The SMILES string of the molecule is CCN(C(=O)c1ccc(C)c(N)c1)C1CCCC1. The fraction of sp³-hybridized carbons (Fsp3) is 0.533. The molecule has 1 aliphatic carbocycles. The average molecular weight is 246 g/mol. The Bertz CT molecular complexity index is 436. The predicted octanol–water partition coefficient (Wildman–Crippen LogP) is 2.98. The van der Waals surface area contributed by atoms with Crippen molar-refractivity contribution in [1.82, 2.24) is 4.90 Å². The van der Waals surface area contributed by atoms with Crippen LogP contribution in [0.4, 0.5) is 5.69 Å². The minimum absolute atomic E-state index is 0.121. The van der Waals surface area contributed by atoms with Crippen LogP contribution in [0, 0.1) is 6.92 Å². The van der Waals surface area contributed by atoms with Crippen molar-refractivity contribution in [2.24, 2.45) is 0 Å². The maximum absolute atomic E-state index is 12.5. The molecule has 0 aromatic heterocycles. The normalized spacial score (nSPS) is 15.9. The van der Waals surface area contributed by atoms with E-state index in [1.54, 1.807) is 6.07 Å². The van der Waals surface area contributed by atoms with Gasteiger partial charge in [0.05, 0.1) is 0 Å². The van der Waals surface area contributed by atoms with Crippen molar-refractivity contribution in [3.8, 4) is 0 Å². The van der Waals surface area contributed by atoms with Crippen LogP contribution in [0.3, 0.4) is 0 Å². The number of hydrogen-bond donors (Lipinski definition) is 1. The molecule has 0 aliphatic heterocycles. The fourth-order valence-electron chi connectivity index (χ4n) is 2.72. The summed E-state index contributed by atoms with van der Waals surface area (Å²) in [6, 6.07) is 6.02. The van der Waals surface area contributed by atoms with Crippen molar-refractivity contribution >= 4 is 11.6 Å². The Hall–Kier alpha value is -1.51. The van der Waals surface area contributed by atoms with Crippen LogP contribution < -0.4 is 5.73 Å². The maximum atomic E-state index is 12.5. The van der Waals surface area contributed by atoms with Crippen molar-refractivity contribution in [3.05, 3.63) is 29.3 Å². The second-order valence-electron chi connectivity index (χ2n) is 5.10. The summed E-state index contributed by atoms with van der Waals surface area (Å²) in [5, 5.41) is 0. The van der Waals surface area contributed by atoms with E-state index in [2.05, 4.69) is 0 Å². The van der Waals surface area contributed by atoms with Crippen molar-refractivity contribution in [1.29, 1.82) is 0 Å². The summed E-state index contributed by atoms with van der Waals surface area (Å²) in [4.78, 5) is 14.5. The summed E-state index contributed by atoms with van der Waals surface area (Å²) in [5.41, 5.74) is 8.32. The molecular formula is C15H22N2O. The fourth-order valence-corrected chi connectivity index (χ4v) is 2.72. The Morgan fingerprint density at radius 2 is 2.06 bits per heavy atom. The maximum Gasteiger partial charge on any atom is 0.254 e. The zero-order chi connectivity index (χ0) is 13.1. The summed E-state index contributed by atoms with van der Waals surface area (Å²) in [7, 11) is 0. The highest BCUT2D eigenvalue weighted by atomic mass is 16.2. The van der Waals surface area contributed by atoms with Crippen LogP contribution in [0.5, 0.6) is 0 Å². The Morgan fingerprint density at radius 1 is 1.39 bits per heavy atom. The Balaban J connectivity index is 2.19. The molecule has 1 amide bonds. The highest BCUT2D eigenvalue weighted by molar-refractivity contribution is 5.95. The van der Waals surface area contributed by atoms with Crippen LogP contribution in [0.25, 0.3) is 0 Å². The van der Waals surface area contributed by atoms with Crippen molar-refractivity contribution in [2.45, 2.75) is 45.6 Å². The molecule has 18 heavy (non-hydrogen) atoms. The van der Waals surface area contributed by atoms with Gasteiger partial charge in [-0.1, -0.05) is 18.9 Å². The predicted molar refractivity (Wildman–Crippen MR) is 74.6 cm³/mol. The highest BCUT2D eigenvalue weighted by Crippen LogP contribution is 2.25. The lowest BCUT2D eigenvalue weighted by Crippen LogP contribution is -2.38. The summed E-state index contributed by atoms with van der Waals surface area (Å²) < 4.78 is 0. The third-order valence-corrected chi connectivity index (χ3v) is 3.89. The van der Waals surface area contributed by atoms with Crippen LogP contribution in [-0.2, 0) is 0 Å². The minimum Gasteiger partial charge on any atom is -0.398 e. The molecule has 3 nitrogen and oxygen atoms in total. The number of anilines is 1. The number of amides is 1. The van der Waals surface area contributed by atoms with Crippen LogP contribution in [0.15, 0.2) is 18.2 Å². The second-order valence-corrected chi connectivity index (χ2v) is 5.10. The lowest BCUT2D eigenvalue weighted by molar-refractivity contribution is 0.0693. The van der Waals surface area contributed by atoms with E-state index in [4.69, 9.17) is 5.73 Å². The molecule has 0 heterocycles. The van der Waals surface area contributed by atoms with Crippen LogP contribution in [-0.4, -0.2) is 23.4 Å². The molecule has 2 rings (SSSR count). The molecule has 98 valence electrons. The van der Waals surface area contributed by atoms with Gasteiger partial charge in [0.1, 0.15) is 0 Å². The number of carbonyl (C=O) groups excluding carboxylic acids is 1. The van der Waals surface area contributed by atoms with Gasteiger partial charge in [-0.25, -0.2) is 0 Å². The number of nitrogens with two attached hydrogens (primary N) is 1. The van der Waals surface area contributed by atoms with E-state index in [1.807, 2.05) is 30.9 Å². The van der Waals surface area contributed by atoms with Gasteiger partial charge in [-0.05, 0) is 44.4 Å². The van der Waals surface area contributed by atoms with E-state index >= 15 is 0 Å². The first-order valence-corrected chi connectivity index (χ1v) is 6.80. The van der Waals surface area contributed by atoms with Gasteiger partial charge in [0.25, 0.3) is 5.91 Å². The number of rotatable bonds is 3. The Morgan fingerprint density at radius 3 is 2.61 bits per heavy atom. The standard InChI is InChI=1S/C15H22N2O/c1-3-17(13-6-4-5-7-13)15(18)12-9-8-11(2)14(16)10-12/h8-10,13H,3-7,16H2,1-2H3. The Kier molecular flexibility index (Phi) is 3.90. The molecule has 1 aliphatic rings. The number of carbonyl (C=O) groups is 1. The summed E-state index contributed by atoms with van der Waals surface area (Å²) in [6.45, 7) is 4.78. The molecule has 1 aromatic rings. The van der Waals surface area contributed by atoms with Crippen molar-refractivity contribution < 1.29 is 4.79 Å². The lowest BCUT2D eigenvalue weighted by Gasteiger charge is -2.28. The number of nitrogens with zero attached hydrogens (tertiary/aromatic N) is 1. The van der Waals surface area contributed by atoms with Crippen LogP contribution in [0.1, 0.15) is 48.5 Å². The molecular weight excluding hydrogens is 224 g/mol. The van der Waals surface area contributed by atoms with E-state index in [0.717, 1.165) is 24.9 Å². The third-order valence-electron chi connectivity index (χ3n) is 3.89. The lowest BCUT2D eigenvalue weighted by atomic mass is 10.1. The van der Waals surface area contributed by atoms with E-state index < -0.39 is 0 Å². The third kappa shape index (κ3) is 2.50. The molecule has 0 spiro atoms. The van der Waals surface area contributed by atoms with Gasteiger partial charge in [-0.15, -0.1) is 0 Å². The van der Waals surface area contributed by atoms with E-state index in [9.17, 15) is 4.79 Å². The molecule has 2 N–H and O–H groups in total. The summed E-state index contributed by atoms with van der Waals surface area (Å²) in [5.74, 6) is 0.121. The second kappa shape index (κ2) is 5.42. The molecule has 1 saturated carbocycles. The van der Waals surface area contributed by atoms with Gasteiger partial charge in [-0.3, -0.25) is 4.79 Å². The summed E-state index contributed by atoms with van der Waals surface area (Å²) >= 11 is 0. The molecule has 0 bridgehead atoms. The van der Waals surface area contributed by atoms with Gasteiger partial charge in [-0.2, -0.15) is 0 Å². The van der Waals surface area contributed by atoms with Gasteiger partial charge in [0.15, 0.2) is 0 Å². The zero-order valence-corrected chi connectivity index (χ0v) is 11.3. The first-order valence-electron chi connectivity index (χ1n) is 6.80. The smallest absolute Gasteiger partial charge is 0.254 e. The molecule has 1 aromatic carbocycles. The monoisotopic (exact) mass is 246 g/mol. The van der Waals surface area contributed by atoms with Gasteiger partial charge in [0.2, 0.25) is 0 Å². The molecule has 0 saturated heterocycles. The zero-order valence-electron chi connectivity index (χ0n) is 11.3. The molecule has 0 radical (unpaired) electrons. The van der Waals surface area contributed by atoms with Gasteiger partial charge >= 0.3 is 0 Å². The van der Waals surface area contributed by atoms with Gasteiger partial charge in [0, 0.05) is 23.8 Å². The Labute approximate surface area is 109 Å². The number of hydrogen-bond acceptors (Lipinski definition) is 2.